The van der Waals surface area contributed by atoms with Crippen LogP contribution in [0.25, 0.3) is 21.8 Å². The molecule has 2 fully saturated rings. The highest BCUT2D eigenvalue weighted by molar-refractivity contribution is 7.91. The van der Waals surface area contributed by atoms with Crippen molar-refractivity contribution in [2.75, 3.05) is 38.7 Å². The first-order chi connectivity index (χ1) is 28.7. The molecule has 0 unspecified atom stereocenters. The quantitative estimate of drug-likeness (QED) is 0.0957. The van der Waals surface area contributed by atoms with Gasteiger partial charge in [-0.1, -0.05) is 48.5 Å². The molecule has 4 N–H and O–H groups in total. The molecule has 14 heteroatoms. The topological polar surface area (TPSA) is 181 Å². The molecular formula is C46H54N4O8S2. The molecule has 4 heterocycles. The van der Waals surface area contributed by atoms with Crippen molar-refractivity contribution in [1.82, 2.24) is 19.8 Å². The highest BCUT2D eigenvalue weighted by Crippen LogP contribution is 2.28. The molecular weight excluding hydrogens is 801 g/mol. The van der Waals surface area contributed by atoms with Crippen molar-refractivity contribution in [3.05, 3.63) is 132 Å². The number of fused-ring (bicyclic) bond motifs is 2. The maximum atomic E-state index is 12.5. The summed E-state index contributed by atoms with van der Waals surface area (Å²) in [5.41, 5.74) is 7.05. The Morgan fingerprint density at radius 3 is 1.32 bits per heavy atom. The number of carbonyl (C=O) groups is 2. The second-order valence-electron chi connectivity index (χ2n) is 15.7. The number of likely N-dealkylation sites (tertiary alicyclic amines) is 2. The first kappa shape index (κ1) is 44.3. The fourth-order valence-electron chi connectivity index (χ4n) is 8.08. The van der Waals surface area contributed by atoms with Gasteiger partial charge < -0.3 is 30.0 Å². The summed E-state index contributed by atoms with van der Waals surface area (Å²) in [5.74, 6) is -3.38. The first-order valence-corrected chi connectivity index (χ1v) is 23.6. The second kappa shape index (κ2) is 19.9. The van der Waals surface area contributed by atoms with Gasteiger partial charge in [0.1, 0.15) is 0 Å². The van der Waals surface area contributed by atoms with Gasteiger partial charge in [-0.25, -0.2) is 26.4 Å². The van der Waals surface area contributed by atoms with Gasteiger partial charge in [0.05, 0.1) is 21.3 Å². The zero-order valence-electron chi connectivity index (χ0n) is 34.1. The van der Waals surface area contributed by atoms with E-state index in [4.69, 9.17) is 19.8 Å². The van der Waals surface area contributed by atoms with Gasteiger partial charge in [-0.2, -0.15) is 0 Å². The van der Waals surface area contributed by atoms with Gasteiger partial charge in [0, 0.05) is 46.3 Å². The molecule has 0 aliphatic carbocycles. The van der Waals surface area contributed by atoms with Gasteiger partial charge in [0.25, 0.3) is 0 Å². The number of H-pyrrole nitrogens is 2. The van der Waals surface area contributed by atoms with Crippen LogP contribution in [-0.2, 0) is 54.9 Å². The van der Waals surface area contributed by atoms with Gasteiger partial charge in [-0.15, -0.1) is 0 Å². The summed E-state index contributed by atoms with van der Waals surface area (Å²) in [5, 5.41) is 17.2. The summed E-state index contributed by atoms with van der Waals surface area (Å²) in [4.78, 5) is 30.6. The number of likely N-dealkylation sites (N-methyl/N-ethyl adjacent to an activating group) is 2. The average molecular weight is 855 g/mol. The van der Waals surface area contributed by atoms with Crippen molar-refractivity contribution in [3.63, 3.8) is 0 Å². The van der Waals surface area contributed by atoms with Crippen LogP contribution in [0.5, 0.6) is 0 Å². The van der Waals surface area contributed by atoms with E-state index >= 15 is 0 Å². The van der Waals surface area contributed by atoms with Gasteiger partial charge in [-0.3, -0.25) is 0 Å². The summed E-state index contributed by atoms with van der Waals surface area (Å²) in [7, 11) is -2.10. The Labute approximate surface area is 352 Å². The smallest absolute Gasteiger partial charge is 0.414 e. The number of carboxylic acid groups (broad SMARTS) is 2. The highest BCUT2D eigenvalue weighted by atomic mass is 32.2. The van der Waals surface area contributed by atoms with Crippen LogP contribution in [0.15, 0.2) is 119 Å². The van der Waals surface area contributed by atoms with Crippen LogP contribution in [-0.4, -0.2) is 110 Å². The summed E-state index contributed by atoms with van der Waals surface area (Å²) in [6.07, 6.45) is 12.4. The third-order valence-electron chi connectivity index (χ3n) is 11.6. The molecule has 2 aliphatic rings. The number of aryl methyl sites for hydroxylation is 2. The van der Waals surface area contributed by atoms with E-state index in [1.807, 2.05) is 24.3 Å². The molecule has 0 amide bonds. The number of hydrogen-bond acceptors (Lipinski definition) is 8. The van der Waals surface area contributed by atoms with Crippen LogP contribution in [0.1, 0.15) is 47.9 Å². The molecule has 4 aromatic carbocycles. The van der Waals surface area contributed by atoms with Gasteiger partial charge >= 0.3 is 11.9 Å². The number of aromatic nitrogens is 2. The minimum atomic E-state index is -3.25. The normalized spacial score (nSPS) is 17.2. The number of aromatic amines is 2. The van der Waals surface area contributed by atoms with Crippen LogP contribution in [0, 0.1) is 0 Å². The minimum absolute atomic E-state index is 0.133. The fraction of sp³-hybridized carbons (Fsp3) is 0.348. The maximum absolute atomic E-state index is 12.5. The molecule has 2 aliphatic heterocycles. The van der Waals surface area contributed by atoms with Crippen molar-refractivity contribution in [2.24, 2.45) is 0 Å². The molecule has 0 radical (unpaired) electrons. The number of rotatable bonds is 12. The van der Waals surface area contributed by atoms with Gasteiger partial charge in [-0.05, 0) is 149 Å². The third-order valence-corrected chi connectivity index (χ3v) is 15.1. The molecule has 6 aromatic rings. The predicted octanol–water partition coefficient (Wildman–Crippen LogP) is 6.80. The monoisotopic (exact) mass is 854 g/mol. The molecule has 0 saturated carbocycles. The molecule has 2 atom stereocenters. The molecule has 8 rings (SSSR count). The Bertz CT molecular complexity index is 2430. The Balaban J connectivity index is 0.000000177. The Morgan fingerprint density at radius 2 is 0.983 bits per heavy atom. The van der Waals surface area contributed by atoms with Crippen LogP contribution < -0.4 is 0 Å². The minimum Gasteiger partial charge on any atom is -0.473 e. The van der Waals surface area contributed by atoms with E-state index in [0.717, 1.165) is 35.0 Å². The van der Waals surface area contributed by atoms with E-state index < -0.39 is 31.6 Å². The second-order valence-corrected chi connectivity index (χ2v) is 19.9. The molecule has 12 nitrogen and oxygen atoms in total. The molecule has 0 bridgehead atoms. The molecule has 2 aromatic heterocycles. The first-order valence-electron chi connectivity index (χ1n) is 20.3. The zero-order chi connectivity index (χ0) is 42.9. The van der Waals surface area contributed by atoms with E-state index in [1.165, 1.54) is 60.7 Å². The van der Waals surface area contributed by atoms with Crippen molar-refractivity contribution in [1.29, 1.82) is 0 Å². The Hall–Kier alpha value is -5.28. The van der Waals surface area contributed by atoms with E-state index in [-0.39, 0.29) is 11.5 Å². The van der Waals surface area contributed by atoms with Crippen molar-refractivity contribution >= 4 is 53.4 Å². The van der Waals surface area contributed by atoms with Crippen LogP contribution >= 0.6 is 0 Å². The van der Waals surface area contributed by atoms with Gasteiger partial charge in [0.2, 0.25) is 0 Å². The lowest BCUT2D eigenvalue weighted by molar-refractivity contribution is -0.159. The lowest BCUT2D eigenvalue weighted by Gasteiger charge is -2.18. The number of aliphatic carboxylic acids is 2. The maximum Gasteiger partial charge on any atom is 0.414 e. The number of sulfone groups is 2. The number of hydrogen-bond donors (Lipinski definition) is 4. The summed E-state index contributed by atoms with van der Waals surface area (Å²) >= 11 is 0. The SMILES string of the molecule is CN1CCC[C@@H]1Cc1c[nH]c2ccc(CCS(=O)(=O)c3ccccc3)cc12.CN1CCC[C@@H]1Cc1c[nH]c2ccc(CCS(=O)(=O)c3ccccc3)cc12.O=C(O)C(=O)O. The van der Waals surface area contributed by atoms with E-state index in [2.05, 4.69) is 70.5 Å². The Kier molecular flexibility index (Phi) is 14.7. The third kappa shape index (κ3) is 11.5. The van der Waals surface area contributed by atoms with Crippen LogP contribution in [0.2, 0.25) is 0 Å². The number of carboxylic acids is 2. The van der Waals surface area contributed by atoms with Crippen LogP contribution in [0.4, 0.5) is 0 Å². The van der Waals surface area contributed by atoms with E-state index in [9.17, 15) is 16.8 Å². The van der Waals surface area contributed by atoms with Gasteiger partial charge in [0.15, 0.2) is 19.7 Å². The van der Waals surface area contributed by atoms with E-state index in [0.29, 0.717) is 34.7 Å². The largest absolute Gasteiger partial charge is 0.473 e. The van der Waals surface area contributed by atoms with Crippen molar-refractivity contribution in [2.45, 2.75) is 73.2 Å². The molecule has 318 valence electrons. The number of benzene rings is 4. The Morgan fingerprint density at radius 1 is 0.600 bits per heavy atom. The van der Waals surface area contributed by atoms with Crippen molar-refractivity contribution in [3.8, 4) is 0 Å². The van der Waals surface area contributed by atoms with E-state index in [1.54, 1.807) is 48.5 Å². The fourth-order valence-corrected chi connectivity index (χ4v) is 10.7. The number of nitrogens with one attached hydrogen (secondary N) is 2. The van der Waals surface area contributed by atoms with Crippen LogP contribution in [0.3, 0.4) is 0 Å². The molecule has 2 saturated heterocycles. The molecule has 60 heavy (non-hydrogen) atoms. The number of nitrogens with zero attached hydrogens (tertiary/aromatic N) is 2. The standard InChI is InChI=1S/2C22H26N2O2S.C2H2O4/c2*1-24-12-5-6-19(24)15-18-16-23-22-10-9-17(14-21(18)22)11-13-27(25,26)20-7-3-2-4-8-20;3-1(4)2(5)6/h2*2-4,7-10,14,16,19,23H,5-6,11-13,15H2,1H3;(H,3,4)(H,5,6)/t2*19-;/m11./s1. The highest BCUT2D eigenvalue weighted by Gasteiger charge is 2.24. The summed E-state index contributed by atoms with van der Waals surface area (Å²) in [6.45, 7) is 2.35. The average Bonchev–Trinajstić information content (AvgIpc) is 4.06. The lowest BCUT2D eigenvalue weighted by atomic mass is 10.0. The summed E-state index contributed by atoms with van der Waals surface area (Å²) < 4.78 is 50.2. The van der Waals surface area contributed by atoms with Crippen molar-refractivity contribution < 1.29 is 36.6 Å². The molecule has 0 spiro atoms. The predicted molar refractivity (Wildman–Crippen MR) is 235 cm³/mol. The zero-order valence-corrected chi connectivity index (χ0v) is 35.7. The lowest BCUT2D eigenvalue weighted by Crippen LogP contribution is -2.26. The summed E-state index contributed by atoms with van der Waals surface area (Å²) in [6, 6.07) is 31.2.